The minimum atomic E-state index is 0.682. The number of aliphatic imine (C=N–C) groups is 1. The molecule has 0 amide bonds. The summed E-state index contributed by atoms with van der Waals surface area (Å²) >= 11 is 0. The van der Waals surface area contributed by atoms with Crippen LogP contribution in [0.2, 0.25) is 0 Å². The van der Waals surface area contributed by atoms with Gasteiger partial charge in [-0.25, -0.2) is 4.99 Å². The molecule has 0 N–H and O–H groups in total. The van der Waals surface area contributed by atoms with Crippen molar-refractivity contribution in [1.29, 1.82) is 0 Å². The number of allylic oxidation sites excluding steroid dienone is 1. The average Bonchev–Trinajstić information content (AvgIpc) is 3.25. The summed E-state index contributed by atoms with van der Waals surface area (Å²) in [6.45, 7) is 4.96. The van der Waals surface area contributed by atoms with Crippen molar-refractivity contribution in [3.05, 3.63) is 34.5 Å². The van der Waals surface area contributed by atoms with Crippen LogP contribution in [0, 0.1) is 0 Å². The summed E-state index contributed by atoms with van der Waals surface area (Å²) in [5.74, 6) is 1.55. The Morgan fingerprint density at radius 3 is 2.88 bits per heavy atom. The first-order valence-corrected chi connectivity index (χ1v) is 8.71. The molecule has 1 aromatic carbocycles. The minimum absolute atomic E-state index is 0.682. The Morgan fingerprint density at radius 2 is 2.04 bits per heavy atom. The van der Waals surface area contributed by atoms with E-state index in [1.165, 1.54) is 31.5 Å². The van der Waals surface area contributed by atoms with Crippen LogP contribution >= 0.6 is 0 Å². The van der Waals surface area contributed by atoms with Crippen LogP contribution in [0.1, 0.15) is 19.3 Å². The van der Waals surface area contributed by atoms with E-state index < -0.39 is 0 Å². The van der Waals surface area contributed by atoms with Gasteiger partial charge in [-0.15, -0.1) is 0 Å². The maximum atomic E-state index is 5.99. The first-order valence-electron chi connectivity index (χ1n) is 8.71. The topological polar surface area (TPSA) is 46.4 Å². The molecule has 0 spiro atoms. The highest BCUT2D eigenvalue weighted by atomic mass is 16.5. The number of hydrogen-bond acceptors (Lipinski definition) is 5. The number of hydrogen-bond donors (Lipinski definition) is 0. The van der Waals surface area contributed by atoms with Crippen LogP contribution in [0.25, 0.3) is 5.57 Å². The van der Waals surface area contributed by atoms with E-state index >= 15 is 0 Å². The lowest BCUT2D eigenvalue weighted by Gasteiger charge is -2.15. The summed E-state index contributed by atoms with van der Waals surface area (Å²) in [5, 5.41) is 2.07. The molecule has 0 saturated carbocycles. The molecule has 0 aliphatic carbocycles. The molecule has 126 valence electrons. The summed E-state index contributed by atoms with van der Waals surface area (Å²) in [6, 6.07) is 4.03. The second-order valence-corrected chi connectivity index (χ2v) is 6.40. The number of likely N-dealkylation sites (tertiary alicyclic amines) is 1. The Labute approximate surface area is 142 Å². The van der Waals surface area contributed by atoms with E-state index in [2.05, 4.69) is 14.9 Å². The summed E-state index contributed by atoms with van der Waals surface area (Å²) < 4.78 is 11.5. The van der Waals surface area contributed by atoms with Gasteiger partial charge in [-0.1, -0.05) is 0 Å². The monoisotopic (exact) mass is 325 g/mol. The van der Waals surface area contributed by atoms with Crippen molar-refractivity contribution >= 4 is 11.8 Å². The van der Waals surface area contributed by atoms with Gasteiger partial charge >= 0.3 is 0 Å². The summed E-state index contributed by atoms with van der Waals surface area (Å²) in [6.07, 6.45) is 7.48. The van der Waals surface area contributed by atoms with Gasteiger partial charge in [-0.05, 0) is 44.5 Å². The minimum Gasteiger partial charge on any atom is -0.493 e. The van der Waals surface area contributed by atoms with Crippen LogP contribution in [0.5, 0.6) is 11.5 Å². The number of nitrogens with zero attached hydrogens (tertiary/aromatic N) is 3. The van der Waals surface area contributed by atoms with Gasteiger partial charge < -0.3 is 14.4 Å². The van der Waals surface area contributed by atoms with Crippen LogP contribution in [0.4, 0.5) is 0 Å². The number of ether oxygens (including phenoxy) is 2. The van der Waals surface area contributed by atoms with Crippen LogP contribution < -0.4 is 20.0 Å². The number of rotatable bonds is 6. The van der Waals surface area contributed by atoms with Crippen molar-refractivity contribution in [3.8, 4) is 11.5 Å². The van der Waals surface area contributed by atoms with Crippen molar-refractivity contribution in [2.24, 2.45) is 9.98 Å². The Hall–Kier alpha value is -2.14. The van der Waals surface area contributed by atoms with Crippen molar-refractivity contribution in [3.63, 3.8) is 0 Å². The molecule has 24 heavy (non-hydrogen) atoms. The largest absolute Gasteiger partial charge is 0.493 e. The molecule has 0 radical (unpaired) electrons. The quantitative estimate of drug-likeness (QED) is 0.741. The van der Waals surface area contributed by atoms with Crippen molar-refractivity contribution in [2.45, 2.75) is 19.3 Å². The van der Waals surface area contributed by atoms with Crippen molar-refractivity contribution in [1.82, 2.24) is 4.90 Å². The van der Waals surface area contributed by atoms with E-state index in [4.69, 9.17) is 9.47 Å². The number of methoxy groups -OCH3 is 1. The Morgan fingerprint density at radius 1 is 1.17 bits per heavy atom. The zero-order chi connectivity index (χ0) is 16.4. The second-order valence-electron chi connectivity index (χ2n) is 6.40. The maximum Gasteiger partial charge on any atom is 0.163 e. The lowest BCUT2D eigenvalue weighted by atomic mass is 10.1. The summed E-state index contributed by atoms with van der Waals surface area (Å²) in [4.78, 5) is 11.5. The molecule has 3 heterocycles. The standard InChI is InChI=1S/C19H23N3O2/c1-23-18-11-14-15-13-20-6-5-16(15)21-17(14)12-19(18)24-10-4-9-22-7-2-3-8-22/h5-6,11-12H,2-4,7-10,13H2,1H3. The lowest BCUT2D eigenvalue weighted by molar-refractivity contribution is 0.254. The molecule has 3 aliphatic heterocycles. The van der Waals surface area contributed by atoms with Crippen molar-refractivity contribution < 1.29 is 9.47 Å². The van der Waals surface area contributed by atoms with Crippen LogP contribution in [0.15, 0.2) is 33.9 Å². The van der Waals surface area contributed by atoms with E-state index in [1.54, 1.807) is 7.11 Å². The zero-order valence-electron chi connectivity index (χ0n) is 14.1. The fraction of sp³-hybridized carbons (Fsp3) is 0.474. The van der Waals surface area contributed by atoms with E-state index in [9.17, 15) is 0 Å². The molecule has 1 fully saturated rings. The van der Waals surface area contributed by atoms with Gasteiger partial charge in [0.25, 0.3) is 0 Å². The third-order valence-corrected chi connectivity index (χ3v) is 4.82. The fourth-order valence-corrected chi connectivity index (χ4v) is 3.54. The summed E-state index contributed by atoms with van der Waals surface area (Å²) in [7, 11) is 1.69. The molecule has 0 atom stereocenters. The Kier molecular flexibility index (Phi) is 4.34. The van der Waals surface area contributed by atoms with Crippen molar-refractivity contribution in [2.75, 3.05) is 39.9 Å². The fourth-order valence-electron chi connectivity index (χ4n) is 3.54. The molecule has 1 aromatic rings. The Balaban J connectivity index is 1.49. The smallest absolute Gasteiger partial charge is 0.163 e. The lowest BCUT2D eigenvalue weighted by Crippen LogP contribution is -2.25. The molecule has 5 heteroatoms. The maximum absolute atomic E-state index is 5.99. The number of fused-ring (bicyclic) bond motifs is 2. The molecule has 1 saturated heterocycles. The SMILES string of the molecule is COc1cc2c(cc1OCCCN1CCCC1)=NC1=CC=NCC=21. The zero-order valence-corrected chi connectivity index (χ0v) is 14.1. The Bertz CT molecular complexity index is 805. The average molecular weight is 325 g/mol. The van der Waals surface area contributed by atoms with Gasteiger partial charge in [0.1, 0.15) is 0 Å². The molecule has 0 bridgehead atoms. The molecular formula is C19H23N3O2. The molecule has 0 unspecified atom stereocenters. The van der Waals surface area contributed by atoms with Crippen LogP contribution in [-0.4, -0.2) is 51.0 Å². The van der Waals surface area contributed by atoms with Crippen LogP contribution in [-0.2, 0) is 0 Å². The molecule has 4 rings (SSSR count). The van der Waals surface area contributed by atoms with Gasteiger partial charge in [0.05, 0.1) is 31.3 Å². The van der Waals surface area contributed by atoms with E-state index in [-0.39, 0.29) is 0 Å². The van der Waals surface area contributed by atoms with Crippen LogP contribution in [0.3, 0.4) is 0 Å². The third-order valence-electron chi connectivity index (χ3n) is 4.82. The third kappa shape index (κ3) is 2.96. The highest BCUT2D eigenvalue weighted by Crippen LogP contribution is 2.26. The molecule has 0 aromatic heterocycles. The first kappa shape index (κ1) is 15.4. The van der Waals surface area contributed by atoms with Gasteiger partial charge in [0.2, 0.25) is 0 Å². The van der Waals surface area contributed by atoms with Gasteiger partial charge in [-0.3, -0.25) is 4.99 Å². The molecular weight excluding hydrogens is 302 g/mol. The van der Waals surface area contributed by atoms with E-state index in [0.29, 0.717) is 13.2 Å². The van der Waals surface area contributed by atoms with Gasteiger partial charge in [0, 0.05) is 29.6 Å². The summed E-state index contributed by atoms with van der Waals surface area (Å²) in [5.41, 5.74) is 2.18. The van der Waals surface area contributed by atoms with E-state index in [1.807, 2.05) is 24.4 Å². The predicted octanol–water partition coefficient (Wildman–Crippen LogP) is 1.31. The molecule has 5 nitrogen and oxygen atoms in total. The highest BCUT2D eigenvalue weighted by molar-refractivity contribution is 5.84. The second kappa shape index (κ2) is 6.77. The number of benzene rings is 1. The molecule has 3 aliphatic rings. The highest BCUT2D eigenvalue weighted by Gasteiger charge is 2.17. The number of dihydropyridines is 1. The van der Waals surface area contributed by atoms with Gasteiger partial charge in [-0.2, -0.15) is 0 Å². The van der Waals surface area contributed by atoms with E-state index in [0.717, 1.165) is 40.7 Å². The normalized spacial score (nSPS) is 18.9. The predicted molar refractivity (Wildman–Crippen MR) is 94.4 cm³/mol. The first-order chi connectivity index (χ1) is 11.8. The van der Waals surface area contributed by atoms with Gasteiger partial charge in [0.15, 0.2) is 11.5 Å².